The predicted molar refractivity (Wildman–Crippen MR) is 76.7 cm³/mol. The molecule has 2 rings (SSSR count). The van der Waals surface area contributed by atoms with Gasteiger partial charge in [0, 0.05) is 25.6 Å². The fourth-order valence-electron chi connectivity index (χ4n) is 2.84. The van der Waals surface area contributed by atoms with Crippen LogP contribution >= 0.6 is 0 Å². The molecule has 1 aromatic heterocycles. The van der Waals surface area contributed by atoms with Crippen molar-refractivity contribution in [3.8, 4) is 0 Å². The molecule has 20 heavy (non-hydrogen) atoms. The molecular weight excluding hydrogens is 256 g/mol. The first kappa shape index (κ1) is 15.1. The summed E-state index contributed by atoms with van der Waals surface area (Å²) in [6.45, 7) is 4.47. The van der Waals surface area contributed by atoms with Gasteiger partial charge in [0.15, 0.2) is 0 Å². The van der Waals surface area contributed by atoms with Gasteiger partial charge >= 0.3 is 0 Å². The SMILES string of the molecule is CCc1occc1C(=O)NC[C@H]1CCCCN1CCO. The Bertz CT molecular complexity index is 429. The van der Waals surface area contributed by atoms with E-state index in [2.05, 4.69) is 10.2 Å². The Morgan fingerprint density at radius 1 is 1.55 bits per heavy atom. The van der Waals surface area contributed by atoms with Crippen LogP contribution in [0.15, 0.2) is 16.7 Å². The lowest BCUT2D eigenvalue weighted by atomic mass is 10.0. The van der Waals surface area contributed by atoms with Crippen LogP contribution < -0.4 is 5.32 Å². The Morgan fingerprint density at radius 3 is 3.15 bits per heavy atom. The summed E-state index contributed by atoms with van der Waals surface area (Å²) >= 11 is 0. The van der Waals surface area contributed by atoms with Crippen molar-refractivity contribution in [1.82, 2.24) is 10.2 Å². The van der Waals surface area contributed by atoms with Gasteiger partial charge in [0.1, 0.15) is 5.76 Å². The zero-order valence-corrected chi connectivity index (χ0v) is 12.1. The van der Waals surface area contributed by atoms with Crippen LogP contribution in [0.5, 0.6) is 0 Å². The van der Waals surface area contributed by atoms with Crippen molar-refractivity contribution in [3.63, 3.8) is 0 Å². The monoisotopic (exact) mass is 280 g/mol. The maximum absolute atomic E-state index is 12.2. The molecule has 1 fully saturated rings. The summed E-state index contributed by atoms with van der Waals surface area (Å²) in [5.74, 6) is 0.670. The number of aliphatic hydroxyl groups excluding tert-OH is 1. The van der Waals surface area contributed by atoms with E-state index in [0.717, 1.165) is 25.1 Å². The molecule has 0 unspecified atom stereocenters. The van der Waals surface area contributed by atoms with Crippen LogP contribution in [0.25, 0.3) is 0 Å². The van der Waals surface area contributed by atoms with Crippen molar-refractivity contribution in [2.24, 2.45) is 0 Å². The average molecular weight is 280 g/mol. The smallest absolute Gasteiger partial charge is 0.254 e. The Balaban J connectivity index is 1.88. The number of nitrogens with zero attached hydrogens (tertiary/aromatic N) is 1. The topological polar surface area (TPSA) is 65.7 Å². The largest absolute Gasteiger partial charge is 0.469 e. The second kappa shape index (κ2) is 7.45. The lowest BCUT2D eigenvalue weighted by Crippen LogP contribution is -2.47. The first-order valence-corrected chi connectivity index (χ1v) is 7.45. The number of hydrogen-bond acceptors (Lipinski definition) is 4. The van der Waals surface area contributed by atoms with E-state index in [1.54, 1.807) is 12.3 Å². The van der Waals surface area contributed by atoms with Gasteiger partial charge in [-0.2, -0.15) is 0 Å². The van der Waals surface area contributed by atoms with Gasteiger partial charge in [-0.15, -0.1) is 0 Å². The molecule has 5 heteroatoms. The molecule has 1 aliphatic rings. The van der Waals surface area contributed by atoms with Crippen LogP contribution in [0.4, 0.5) is 0 Å². The summed E-state index contributed by atoms with van der Waals surface area (Å²) in [7, 11) is 0. The Kier molecular flexibility index (Phi) is 5.61. The second-order valence-corrected chi connectivity index (χ2v) is 5.23. The van der Waals surface area contributed by atoms with Crippen LogP contribution in [-0.2, 0) is 6.42 Å². The zero-order valence-electron chi connectivity index (χ0n) is 12.1. The van der Waals surface area contributed by atoms with Gasteiger partial charge in [-0.3, -0.25) is 9.69 Å². The number of furan rings is 1. The van der Waals surface area contributed by atoms with Crippen molar-refractivity contribution < 1.29 is 14.3 Å². The van der Waals surface area contributed by atoms with Crippen LogP contribution in [0.1, 0.15) is 42.3 Å². The minimum Gasteiger partial charge on any atom is -0.469 e. The molecule has 1 atom stereocenters. The van der Waals surface area contributed by atoms with Crippen LogP contribution in [0, 0.1) is 0 Å². The Hall–Kier alpha value is -1.33. The van der Waals surface area contributed by atoms with E-state index in [1.807, 2.05) is 6.92 Å². The molecule has 2 heterocycles. The lowest BCUT2D eigenvalue weighted by molar-refractivity contribution is 0.0888. The summed E-state index contributed by atoms with van der Waals surface area (Å²) in [4.78, 5) is 14.4. The highest BCUT2D eigenvalue weighted by atomic mass is 16.3. The number of nitrogens with one attached hydrogen (secondary N) is 1. The number of carbonyl (C=O) groups is 1. The third-order valence-corrected chi connectivity index (χ3v) is 3.95. The summed E-state index contributed by atoms with van der Waals surface area (Å²) in [5, 5.41) is 12.1. The molecule has 1 aromatic rings. The molecule has 0 aliphatic carbocycles. The maximum atomic E-state index is 12.2. The third kappa shape index (κ3) is 3.61. The molecular formula is C15H24N2O3. The fraction of sp³-hybridized carbons (Fsp3) is 0.667. The molecule has 1 aliphatic heterocycles. The number of hydrogen-bond donors (Lipinski definition) is 2. The van der Waals surface area contributed by atoms with Gasteiger partial charge in [-0.05, 0) is 25.5 Å². The first-order valence-electron chi connectivity index (χ1n) is 7.45. The molecule has 5 nitrogen and oxygen atoms in total. The summed E-state index contributed by atoms with van der Waals surface area (Å²) in [5.41, 5.74) is 0.636. The Labute approximate surface area is 119 Å². The first-order chi connectivity index (χ1) is 9.76. The van der Waals surface area contributed by atoms with E-state index in [1.165, 1.54) is 12.8 Å². The molecule has 0 saturated carbocycles. The molecule has 0 radical (unpaired) electrons. The standard InChI is InChI=1S/C15H24N2O3/c1-2-14-13(6-10-20-14)15(19)16-11-12-5-3-4-7-17(12)8-9-18/h6,10,12,18H,2-5,7-9,11H2,1H3,(H,16,19)/t12-/m1/s1. The minimum absolute atomic E-state index is 0.0647. The maximum Gasteiger partial charge on any atom is 0.254 e. The molecule has 2 N–H and O–H groups in total. The van der Waals surface area contributed by atoms with Gasteiger partial charge in [0.2, 0.25) is 0 Å². The van der Waals surface area contributed by atoms with Crippen LogP contribution in [0.3, 0.4) is 0 Å². The minimum atomic E-state index is -0.0647. The molecule has 1 saturated heterocycles. The van der Waals surface area contributed by atoms with Gasteiger partial charge in [-0.25, -0.2) is 0 Å². The molecule has 112 valence electrons. The van der Waals surface area contributed by atoms with Gasteiger partial charge in [0.05, 0.1) is 18.4 Å². The van der Waals surface area contributed by atoms with Crippen molar-refractivity contribution in [3.05, 3.63) is 23.7 Å². The predicted octanol–water partition coefficient (Wildman–Crippen LogP) is 1.42. The van der Waals surface area contributed by atoms with Gasteiger partial charge in [0.25, 0.3) is 5.91 Å². The molecule has 0 spiro atoms. The van der Waals surface area contributed by atoms with Gasteiger partial charge < -0.3 is 14.8 Å². The van der Waals surface area contributed by atoms with E-state index in [-0.39, 0.29) is 12.5 Å². The number of β-amino-alcohol motifs (C(OH)–C–C–N with tert-alkyl or cyclic N) is 1. The van der Waals surface area contributed by atoms with Crippen molar-refractivity contribution >= 4 is 5.91 Å². The van der Waals surface area contributed by atoms with E-state index in [0.29, 0.717) is 24.7 Å². The number of piperidine rings is 1. The normalized spacial score (nSPS) is 20.0. The van der Waals surface area contributed by atoms with Gasteiger partial charge in [-0.1, -0.05) is 13.3 Å². The van der Waals surface area contributed by atoms with Crippen molar-refractivity contribution in [1.29, 1.82) is 0 Å². The van der Waals surface area contributed by atoms with E-state index in [4.69, 9.17) is 9.52 Å². The number of aryl methyl sites for hydroxylation is 1. The van der Waals surface area contributed by atoms with Crippen LogP contribution in [0.2, 0.25) is 0 Å². The second-order valence-electron chi connectivity index (χ2n) is 5.23. The highest BCUT2D eigenvalue weighted by Gasteiger charge is 2.23. The number of likely N-dealkylation sites (tertiary alicyclic amines) is 1. The highest BCUT2D eigenvalue weighted by Crippen LogP contribution is 2.16. The van der Waals surface area contributed by atoms with E-state index in [9.17, 15) is 4.79 Å². The molecule has 0 aromatic carbocycles. The fourth-order valence-corrected chi connectivity index (χ4v) is 2.84. The third-order valence-electron chi connectivity index (χ3n) is 3.95. The average Bonchev–Trinajstić information content (AvgIpc) is 2.95. The number of carbonyl (C=O) groups excluding carboxylic acids is 1. The molecule has 1 amide bonds. The quantitative estimate of drug-likeness (QED) is 0.827. The molecule has 0 bridgehead atoms. The number of rotatable bonds is 6. The van der Waals surface area contributed by atoms with Crippen molar-refractivity contribution in [2.45, 2.75) is 38.6 Å². The lowest BCUT2D eigenvalue weighted by Gasteiger charge is -2.35. The van der Waals surface area contributed by atoms with Crippen LogP contribution in [-0.4, -0.2) is 48.2 Å². The Morgan fingerprint density at radius 2 is 2.40 bits per heavy atom. The zero-order chi connectivity index (χ0) is 14.4. The van der Waals surface area contributed by atoms with E-state index >= 15 is 0 Å². The number of amides is 1. The van der Waals surface area contributed by atoms with Crippen molar-refractivity contribution in [2.75, 3.05) is 26.2 Å². The highest BCUT2D eigenvalue weighted by molar-refractivity contribution is 5.95. The van der Waals surface area contributed by atoms with E-state index < -0.39 is 0 Å². The summed E-state index contributed by atoms with van der Waals surface area (Å²) in [6, 6.07) is 2.05. The summed E-state index contributed by atoms with van der Waals surface area (Å²) in [6.07, 6.45) is 5.72. The number of aliphatic hydroxyl groups is 1. The summed E-state index contributed by atoms with van der Waals surface area (Å²) < 4.78 is 5.28.